The van der Waals surface area contributed by atoms with Gasteiger partial charge >= 0.3 is 0 Å². The van der Waals surface area contributed by atoms with Crippen molar-refractivity contribution in [1.82, 2.24) is 4.98 Å². The molecule has 0 saturated carbocycles. The number of fused-ring (bicyclic) bond motifs is 3. The van der Waals surface area contributed by atoms with Gasteiger partial charge in [0.25, 0.3) is 0 Å². The van der Waals surface area contributed by atoms with Gasteiger partial charge in [-0.2, -0.15) is 0 Å². The first-order valence-corrected chi connectivity index (χ1v) is 9.65. The zero-order chi connectivity index (χ0) is 18.4. The molecule has 5 rings (SSSR count). The largest absolute Gasteiger partial charge is 0.256 e. The van der Waals surface area contributed by atoms with Gasteiger partial charge in [-0.3, -0.25) is 4.98 Å². The van der Waals surface area contributed by atoms with Crippen LogP contribution >= 0.6 is 11.3 Å². The highest BCUT2D eigenvalue weighted by atomic mass is 32.1. The molecule has 0 saturated heterocycles. The standard InChI is InChI=1S/C24H16FNS/c1-15-9-10-26-22(11-15)17-7-8-18-20-13-21(25)19(16-5-3-2-4-6-16)14-24(20)27-23(18)12-17/h2-14H,1H3. The summed E-state index contributed by atoms with van der Waals surface area (Å²) in [7, 11) is 0. The van der Waals surface area contributed by atoms with Gasteiger partial charge in [0.1, 0.15) is 5.82 Å². The lowest BCUT2D eigenvalue weighted by Gasteiger charge is -2.04. The highest BCUT2D eigenvalue weighted by Crippen LogP contribution is 2.39. The molecular weight excluding hydrogens is 353 g/mol. The van der Waals surface area contributed by atoms with Crippen molar-refractivity contribution in [2.75, 3.05) is 0 Å². The van der Waals surface area contributed by atoms with Crippen molar-refractivity contribution >= 4 is 31.5 Å². The lowest BCUT2D eigenvalue weighted by molar-refractivity contribution is 0.633. The molecule has 3 heteroatoms. The highest BCUT2D eigenvalue weighted by molar-refractivity contribution is 7.25. The fourth-order valence-corrected chi connectivity index (χ4v) is 4.65. The van der Waals surface area contributed by atoms with E-state index in [-0.39, 0.29) is 5.82 Å². The molecule has 27 heavy (non-hydrogen) atoms. The van der Waals surface area contributed by atoms with Gasteiger partial charge < -0.3 is 0 Å². The van der Waals surface area contributed by atoms with E-state index in [0.29, 0.717) is 5.56 Å². The van der Waals surface area contributed by atoms with Crippen molar-refractivity contribution in [3.8, 4) is 22.4 Å². The fourth-order valence-electron chi connectivity index (χ4n) is 3.49. The van der Waals surface area contributed by atoms with E-state index < -0.39 is 0 Å². The van der Waals surface area contributed by atoms with Crippen LogP contribution in [0.3, 0.4) is 0 Å². The summed E-state index contributed by atoms with van der Waals surface area (Å²) in [5, 5.41) is 2.06. The normalized spacial score (nSPS) is 11.3. The van der Waals surface area contributed by atoms with Gasteiger partial charge in [-0.25, -0.2) is 4.39 Å². The van der Waals surface area contributed by atoms with E-state index in [1.54, 1.807) is 17.4 Å². The predicted octanol–water partition coefficient (Wildman–Crippen LogP) is 7.23. The summed E-state index contributed by atoms with van der Waals surface area (Å²) in [6, 6.07) is 23.7. The van der Waals surface area contributed by atoms with Gasteiger partial charge in [0, 0.05) is 37.5 Å². The molecule has 2 aromatic heterocycles. The Hall–Kier alpha value is -3.04. The van der Waals surface area contributed by atoms with Crippen molar-refractivity contribution in [3.05, 3.63) is 90.4 Å². The first-order chi connectivity index (χ1) is 13.2. The smallest absolute Gasteiger partial charge is 0.131 e. The number of benzene rings is 3. The van der Waals surface area contributed by atoms with Crippen LogP contribution < -0.4 is 0 Å². The number of pyridine rings is 1. The van der Waals surface area contributed by atoms with Gasteiger partial charge in [0.15, 0.2) is 0 Å². The van der Waals surface area contributed by atoms with Gasteiger partial charge in [-0.1, -0.05) is 42.5 Å². The lowest BCUT2D eigenvalue weighted by Crippen LogP contribution is -1.84. The number of aryl methyl sites for hydroxylation is 1. The van der Waals surface area contributed by atoms with Crippen molar-refractivity contribution < 1.29 is 4.39 Å². The maximum absolute atomic E-state index is 14.8. The van der Waals surface area contributed by atoms with Crippen molar-refractivity contribution in [2.45, 2.75) is 6.92 Å². The molecule has 0 fully saturated rings. The molecule has 0 bridgehead atoms. The Bertz CT molecular complexity index is 1290. The number of hydrogen-bond donors (Lipinski definition) is 0. The van der Waals surface area contributed by atoms with Gasteiger partial charge in [-0.15, -0.1) is 11.3 Å². The molecule has 130 valence electrons. The minimum Gasteiger partial charge on any atom is -0.256 e. The van der Waals surface area contributed by atoms with Gasteiger partial charge in [0.2, 0.25) is 0 Å². The van der Waals surface area contributed by atoms with E-state index in [0.717, 1.165) is 37.0 Å². The minimum absolute atomic E-state index is 0.183. The molecule has 0 unspecified atom stereocenters. The van der Waals surface area contributed by atoms with Gasteiger partial charge in [0.05, 0.1) is 5.69 Å². The number of thiophene rings is 1. The second-order valence-electron chi connectivity index (χ2n) is 6.73. The molecule has 0 N–H and O–H groups in total. The molecule has 0 aliphatic heterocycles. The Balaban J connectivity index is 1.70. The quantitative estimate of drug-likeness (QED) is 0.320. The molecule has 5 aromatic rings. The van der Waals surface area contributed by atoms with Crippen LogP contribution in [-0.4, -0.2) is 4.98 Å². The third-order valence-corrected chi connectivity index (χ3v) is 5.97. The van der Waals surface area contributed by atoms with Crippen LogP contribution in [0, 0.1) is 12.7 Å². The summed E-state index contributed by atoms with van der Waals surface area (Å²) in [6.45, 7) is 2.07. The van der Waals surface area contributed by atoms with Crippen LogP contribution in [0.5, 0.6) is 0 Å². The average Bonchev–Trinajstić information content (AvgIpc) is 3.04. The van der Waals surface area contributed by atoms with E-state index in [9.17, 15) is 4.39 Å². The van der Waals surface area contributed by atoms with Crippen LogP contribution in [0.1, 0.15) is 5.56 Å². The molecule has 0 aliphatic rings. The Morgan fingerprint density at radius 1 is 0.778 bits per heavy atom. The molecule has 2 heterocycles. The molecule has 1 nitrogen and oxygen atoms in total. The Kier molecular flexibility index (Phi) is 3.76. The monoisotopic (exact) mass is 369 g/mol. The van der Waals surface area contributed by atoms with Crippen LogP contribution in [0.2, 0.25) is 0 Å². The topological polar surface area (TPSA) is 12.9 Å². The first kappa shape index (κ1) is 16.2. The number of rotatable bonds is 2. The number of aromatic nitrogens is 1. The number of hydrogen-bond acceptors (Lipinski definition) is 2. The van der Waals surface area contributed by atoms with Crippen LogP contribution in [0.25, 0.3) is 42.6 Å². The molecule has 3 aromatic carbocycles. The third-order valence-electron chi connectivity index (χ3n) is 4.86. The maximum atomic E-state index is 14.8. The summed E-state index contributed by atoms with van der Waals surface area (Å²) in [6.07, 6.45) is 1.83. The average molecular weight is 369 g/mol. The summed E-state index contributed by atoms with van der Waals surface area (Å²) in [5.41, 5.74) is 4.78. The molecule has 0 aliphatic carbocycles. The second kappa shape index (κ2) is 6.29. The maximum Gasteiger partial charge on any atom is 0.131 e. The summed E-state index contributed by atoms with van der Waals surface area (Å²) < 4.78 is 17.0. The van der Waals surface area contributed by atoms with Gasteiger partial charge in [-0.05, 0) is 48.4 Å². The van der Waals surface area contributed by atoms with E-state index in [2.05, 4.69) is 36.2 Å². The van der Waals surface area contributed by atoms with Crippen molar-refractivity contribution in [1.29, 1.82) is 0 Å². The summed E-state index contributed by atoms with van der Waals surface area (Å²) in [5.74, 6) is -0.183. The fraction of sp³-hybridized carbons (Fsp3) is 0.0417. The van der Waals surface area contributed by atoms with Crippen LogP contribution in [0.15, 0.2) is 79.0 Å². The lowest BCUT2D eigenvalue weighted by atomic mass is 10.0. The molecule has 0 atom stereocenters. The summed E-state index contributed by atoms with van der Waals surface area (Å²) >= 11 is 1.70. The Labute approximate surface area is 160 Å². The number of halogens is 1. The van der Waals surface area contributed by atoms with Crippen LogP contribution in [-0.2, 0) is 0 Å². The van der Waals surface area contributed by atoms with E-state index in [1.165, 1.54) is 5.56 Å². The van der Waals surface area contributed by atoms with E-state index in [1.807, 2.05) is 48.7 Å². The molecule has 0 radical (unpaired) electrons. The first-order valence-electron chi connectivity index (χ1n) is 8.83. The highest BCUT2D eigenvalue weighted by Gasteiger charge is 2.12. The second-order valence-corrected chi connectivity index (χ2v) is 7.81. The SMILES string of the molecule is Cc1ccnc(-c2ccc3c(c2)sc2cc(-c4ccccc4)c(F)cc23)c1. The number of nitrogens with zero attached hydrogens (tertiary/aromatic N) is 1. The van der Waals surface area contributed by atoms with Crippen molar-refractivity contribution in [2.24, 2.45) is 0 Å². The van der Waals surface area contributed by atoms with Crippen molar-refractivity contribution in [3.63, 3.8) is 0 Å². The predicted molar refractivity (Wildman–Crippen MR) is 113 cm³/mol. The molecular formula is C24H16FNS. The van der Waals surface area contributed by atoms with E-state index in [4.69, 9.17) is 0 Å². The molecule has 0 spiro atoms. The molecule has 0 amide bonds. The van der Waals surface area contributed by atoms with Crippen LogP contribution in [0.4, 0.5) is 4.39 Å². The minimum atomic E-state index is -0.183. The van der Waals surface area contributed by atoms with E-state index >= 15 is 0 Å². The third kappa shape index (κ3) is 2.81. The summed E-state index contributed by atoms with van der Waals surface area (Å²) in [4.78, 5) is 4.48. The Morgan fingerprint density at radius 2 is 1.59 bits per heavy atom. The Morgan fingerprint density at radius 3 is 2.41 bits per heavy atom. The zero-order valence-electron chi connectivity index (χ0n) is 14.7. The zero-order valence-corrected chi connectivity index (χ0v) is 15.6.